The number of rotatable bonds is 4. The van der Waals surface area contributed by atoms with E-state index in [-0.39, 0.29) is 5.69 Å². The molecule has 0 fully saturated rings. The molecule has 0 aliphatic heterocycles. The number of aryl methyl sites for hydroxylation is 1. The zero-order valence-electron chi connectivity index (χ0n) is 14.7. The lowest BCUT2D eigenvalue weighted by Gasteiger charge is -2.10. The fourth-order valence-electron chi connectivity index (χ4n) is 2.86. The SMILES string of the molecule is Cc1ccn2cc(-c3cccc(NS(=O)(=O)c4cc(F)ccc4F)c3)nc2c1. The van der Waals surface area contributed by atoms with Crippen molar-refractivity contribution in [3.8, 4) is 11.3 Å². The lowest BCUT2D eigenvalue weighted by molar-refractivity contribution is 0.555. The maximum Gasteiger partial charge on any atom is 0.264 e. The van der Waals surface area contributed by atoms with Gasteiger partial charge < -0.3 is 4.40 Å². The van der Waals surface area contributed by atoms with Crippen LogP contribution in [0.3, 0.4) is 0 Å². The summed E-state index contributed by atoms with van der Waals surface area (Å²) in [6.07, 6.45) is 3.72. The molecule has 1 N–H and O–H groups in total. The molecule has 4 rings (SSSR count). The summed E-state index contributed by atoms with van der Waals surface area (Å²) in [5, 5.41) is 0. The van der Waals surface area contributed by atoms with Gasteiger partial charge in [-0.2, -0.15) is 0 Å². The summed E-state index contributed by atoms with van der Waals surface area (Å²) in [5.41, 5.74) is 3.39. The lowest BCUT2D eigenvalue weighted by Crippen LogP contribution is -2.15. The van der Waals surface area contributed by atoms with E-state index < -0.39 is 26.6 Å². The highest BCUT2D eigenvalue weighted by Gasteiger charge is 2.20. The minimum absolute atomic E-state index is 0.217. The van der Waals surface area contributed by atoms with E-state index in [1.165, 1.54) is 6.07 Å². The monoisotopic (exact) mass is 399 g/mol. The van der Waals surface area contributed by atoms with Crippen molar-refractivity contribution in [3.63, 3.8) is 0 Å². The second-order valence-corrected chi connectivity index (χ2v) is 8.01. The van der Waals surface area contributed by atoms with E-state index in [1.807, 2.05) is 35.9 Å². The van der Waals surface area contributed by atoms with Gasteiger partial charge in [-0.3, -0.25) is 4.72 Å². The van der Waals surface area contributed by atoms with Gasteiger partial charge in [-0.25, -0.2) is 22.2 Å². The van der Waals surface area contributed by atoms with Gasteiger partial charge in [-0.05, 0) is 55.0 Å². The van der Waals surface area contributed by atoms with Crippen LogP contribution in [0.15, 0.2) is 71.9 Å². The van der Waals surface area contributed by atoms with Gasteiger partial charge in [0, 0.05) is 23.6 Å². The zero-order chi connectivity index (χ0) is 19.9. The Morgan fingerprint density at radius 1 is 1.04 bits per heavy atom. The van der Waals surface area contributed by atoms with Crippen molar-refractivity contribution in [2.45, 2.75) is 11.8 Å². The molecule has 5 nitrogen and oxygen atoms in total. The number of benzene rings is 2. The molecule has 0 bridgehead atoms. The van der Waals surface area contributed by atoms with E-state index in [2.05, 4.69) is 9.71 Å². The molecule has 0 atom stereocenters. The molecule has 0 radical (unpaired) electrons. The van der Waals surface area contributed by atoms with Gasteiger partial charge in [0.2, 0.25) is 0 Å². The van der Waals surface area contributed by atoms with Gasteiger partial charge in [-0.1, -0.05) is 12.1 Å². The first-order valence-corrected chi connectivity index (χ1v) is 9.84. The van der Waals surface area contributed by atoms with E-state index in [0.29, 0.717) is 17.3 Å². The van der Waals surface area contributed by atoms with Crippen LogP contribution >= 0.6 is 0 Å². The van der Waals surface area contributed by atoms with E-state index >= 15 is 0 Å². The van der Waals surface area contributed by atoms with E-state index in [0.717, 1.165) is 23.3 Å². The highest BCUT2D eigenvalue weighted by Crippen LogP contribution is 2.25. The van der Waals surface area contributed by atoms with Crippen molar-refractivity contribution in [3.05, 3.63) is 84.2 Å². The average Bonchev–Trinajstić information content (AvgIpc) is 3.06. The second-order valence-electron chi connectivity index (χ2n) is 6.36. The van der Waals surface area contributed by atoms with Crippen molar-refractivity contribution < 1.29 is 17.2 Å². The molecule has 0 aliphatic rings. The Kier molecular flexibility index (Phi) is 4.35. The number of imidazole rings is 1. The maximum absolute atomic E-state index is 13.9. The number of nitrogens with one attached hydrogen (secondary N) is 1. The minimum atomic E-state index is -4.29. The van der Waals surface area contributed by atoms with Gasteiger partial charge in [-0.15, -0.1) is 0 Å². The first-order chi connectivity index (χ1) is 13.3. The number of pyridine rings is 1. The predicted octanol–water partition coefficient (Wildman–Crippen LogP) is 4.39. The molecule has 0 saturated heterocycles. The topological polar surface area (TPSA) is 63.5 Å². The van der Waals surface area contributed by atoms with E-state index in [1.54, 1.807) is 18.2 Å². The summed E-state index contributed by atoms with van der Waals surface area (Å²) < 4.78 is 56.3. The molecule has 8 heteroatoms. The molecule has 2 aromatic heterocycles. The lowest BCUT2D eigenvalue weighted by atomic mass is 10.1. The van der Waals surface area contributed by atoms with Gasteiger partial charge >= 0.3 is 0 Å². The molecule has 2 aromatic carbocycles. The first kappa shape index (κ1) is 18.1. The Balaban J connectivity index is 1.69. The number of fused-ring (bicyclic) bond motifs is 1. The van der Waals surface area contributed by atoms with Crippen LogP contribution in [-0.4, -0.2) is 17.8 Å². The second kappa shape index (κ2) is 6.72. The highest BCUT2D eigenvalue weighted by atomic mass is 32.2. The minimum Gasteiger partial charge on any atom is -0.306 e. The molecule has 0 aliphatic carbocycles. The van der Waals surface area contributed by atoms with Gasteiger partial charge in [0.25, 0.3) is 10.0 Å². The van der Waals surface area contributed by atoms with Crippen molar-refractivity contribution in [2.75, 3.05) is 4.72 Å². The first-order valence-electron chi connectivity index (χ1n) is 8.35. The van der Waals surface area contributed by atoms with Gasteiger partial charge in [0.05, 0.1) is 5.69 Å². The third-order valence-corrected chi connectivity index (χ3v) is 5.61. The molecule has 142 valence electrons. The Morgan fingerprint density at radius 2 is 1.86 bits per heavy atom. The number of anilines is 1. The number of sulfonamides is 1. The Morgan fingerprint density at radius 3 is 2.68 bits per heavy atom. The average molecular weight is 399 g/mol. The molecule has 0 unspecified atom stereocenters. The molecule has 28 heavy (non-hydrogen) atoms. The number of hydrogen-bond donors (Lipinski definition) is 1. The summed E-state index contributed by atoms with van der Waals surface area (Å²) >= 11 is 0. The third kappa shape index (κ3) is 3.46. The van der Waals surface area contributed by atoms with Crippen molar-refractivity contribution in [1.82, 2.24) is 9.38 Å². The Hall–Kier alpha value is -3.26. The fourth-order valence-corrected chi connectivity index (χ4v) is 4.00. The summed E-state index contributed by atoms with van der Waals surface area (Å²) in [4.78, 5) is 3.79. The van der Waals surface area contributed by atoms with Crippen LogP contribution in [-0.2, 0) is 10.0 Å². The number of aromatic nitrogens is 2. The molecule has 2 heterocycles. The van der Waals surface area contributed by atoms with Crippen molar-refractivity contribution in [2.24, 2.45) is 0 Å². The van der Waals surface area contributed by atoms with Crippen molar-refractivity contribution >= 4 is 21.4 Å². The largest absolute Gasteiger partial charge is 0.306 e. The fraction of sp³-hybridized carbons (Fsp3) is 0.0500. The third-order valence-electron chi connectivity index (χ3n) is 4.21. The summed E-state index contributed by atoms with van der Waals surface area (Å²) in [7, 11) is -4.29. The summed E-state index contributed by atoms with van der Waals surface area (Å²) in [5.74, 6) is -1.86. The standard InChI is InChI=1S/C20H15F2N3O2S/c1-13-7-8-25-12-18(23-20(25)9-13)14-3-2-4-16(10-14)24-28(26,27)19-11-15(21)5-6-17(19)22/h2-12,24H,1H3. The predicted molar refractivity (Wildman–Crippen MR) is 103 cm³/mol. The van der Waals surface area contributed by atoms with Crippen LogP contribution in [0, 0.1) is 18.6 Å². The normalized spacial score (nSPS) is 11.7. The van der Waals surface area contributed by atoms with Crippen LogP contribution in [0.5, 0.6) is 0 Å². The maximum atomic E-state index is 13.9. The summed E-state index contributed by atoms with van der Waals surface area (Å²) in [6.45, 7) is 1.97. The van der Waals surface area contributed by atoms with Crippen LogP contribution in [0.4, 0.5) is 14.5 Å². The van der Waals surface area contributed by atoms with Crippen LogP contribution in [0.25, 0.3) is 16.9 Å². The number of halogens is 2. The van der Waals surface area contributed by atoms with Gasteiger partial charge in [0.15, 0.2) is 0 Å². The van der Waals surface area contributed by atoms with Crippen molar-refractivity contribution in [1.29, 1.82) is 0 Å². The summed E-state index contributed by atoms with van der Waals surface area (Å²) in [6, 6.07) is 12.7. The Labute approximate surface area is 160 Å². The Bertz CT molecular complexity index is 1300. The van der Waals surface area contributed by atoms with E-state index in [4.69, 9.17) is 0 Å². The smallest absolute Gasteiger partial charge is 0.264 e. The quantitative estimate of drug-likeness (QED) is 0.554. The zero-order valence-corrected chi connectivity index (χ0v) is 15.5. The van der Waals surface area contributed by atoms with Gasteiger partial charge in [0.1, 0.15) is 22.2 Å². The number of hydrogen-bond acceptors (Lipinski definition) is 3. The molecular formula is C20H15F2N3O2S. The molecular weight excluding hydrogens is 384 g/mol. The molecule has 4 aromatic rings. The van der Waals surface area contributed by atoms with Crippen LogP contribution in [0.2, 0.25) is 0 Å². The van der Waals surface area contributed by atoms with Crippen LogP contribution in [0.1, 0.15) is 5.56 Å². The molecule has 0 amide bonds. The van der Waals surface area contributed by atoms with Crippen LogP contribution < -0.4 is 4.72 Å². The highest BCUT2D eigenvalue weighted by molar-refractivity contribution is 7.92. The molecule has 0 spiro atoms. The molecule has 0 saturated carbocycles. The van der Waals surface area contributed by atoms with E-state index in [9.17, 15) is 17.2 Å². The number of nitrogens with zero attached hydrogens (tertiary/aromatic N) is 2.